The van der Waals surface area contributed by atoms with Crippen LogP contribution in [0.3, 0.4) is 0 Å². The van der Waals surface area contributed by atoms with Crippen molar-refractivity contribution >= 4 is 39.3 Å². The van der Waals surface area contributed by atoms with Crippen LogP contribution in [-0.4, -0.2) is 29.7 Å². The molecule has 0 aliphatic carbocycles. The topological polar surface area (TPSA) is 66.5 Å². The van der Waals surface area contributed by atoms with E-state index in [1.54, 1.807) is 12.1 Å². The summed E-state index contributed by atoms with van der Waals surface area (Å²) >= 11 is 3.41. The Balaban J connectivity index is 1.88. The molecule has 23 heavy (non-hydrogen) atoms. The number of anilines is 1. The van der Waals surface area contributed by atoms with Gasteiger partial charge < -0.3 is 5.32 Å². The van der Waals surface area contributed by atoms with Gasteiger partial charge in [0.2, 0.25) is 0 Å². The summed E-state index contributed by atoms with van der Waals surface area (Å²) in [5.74, 6) is -1.07. The molecule has 0 spiro atoms. The van der Waals surface area contributed by atoms with E-state index in [1.807, 2.05) is 19.1 Å². The Morgan fingerprint density at radius 3 is 2.43 bits per heavy atom. The predicted molar refractivity (Wildman–Crippen MR) is 89.7 cm³/mol. The third-order valence-corrected chi connectivity index (χ3v) is 4.66. The van der Waals surface area contributed by atoms with E-state index in [2.05, 4.69) is 21.2 Å². The lowest BCUT2D eigenvalue weighted by molar-refractivity contribution is 0.0693. The van der Waals surface area contributed by atoms with Crippen LogP contribution in [-0.2, 0) is 0 Å². The molecule has 2 aromatic carbocycles. The lowest BCUT2D eigenvalue weighted by Gasteiger charge is -2.08. The number of hydrogen-bond donors (Lipinski definition) is 1. The van der Waals surface area contributed by atoms with E-state index >= 15 is 0 Å². The number of carbonyl (C=O) groups is 3. The Morgan fingerprint density at radius 2 is 1.74 bits per heavy atom. The molecule has 3 amide bonds. The van der Waals surface area contributed by atoms with Crippen LogP contribution in [0.2, 0.25) is 0 Å². The van der Waals surface area contributed by atoms with Crippen molar-refractivity contribution in [2.75, 3.05) is 12.4 Å². The monoisotopic (exact) mass is 372 g/mol. The normalized spacial score (nSPS) is 13.3. The second kappa shape index (κ2) is 5.62. The number of benzene rings is 2. The molecule has 0 fully saturated rings. The first kappa shape index (κ1) is 15.4. The average Bonchev–Trinajstić information content (AvgIpc) is 2.75. The molecule has 5 nitrogen and oxygen atoms in total. The van der Waals surface area contributed by atoms with Gasteiger partial charge >= 0.3 is 0 Å². The van der Waals surface area contributed by atoms with Crippen molar-refractivity contribution in [1.82, 2.24) is 4.90 Å². The van der Waals surface area contributed by atoms with Crippen molar-refractivity contribution in [2.24, 2.45) is 0 Å². The second-order valence-corrected chi connectivity index (χ2v) is 6.20. The van der Waals surface area contributed by atoms with Crippen molar-refractivity contribution in [1.29, 1.82) is 0 Å². The van der Waals surface area contributed by atoms with Gasteiger partial charge in [0.15, 0.2) is 0 Å². The first-order valence-electron chi connectivity index (χ1n) is 6.92. The molecule has 116 valence electrons. The number of aryl methyl sites for hydroxylation is 1. The van der Waals surface area contributed by atoms with E-state index in [1.165, 1.54) is 19.2 Å². The van der Waals surface area contributed by atoms with E-state index in [-0.39, 0.29) is 23.3 Å². The van der Waals surface area contributed by atoms with Crippen LogP contribution in [0.5, 0.6) is 0 Å². The maximum atomic E-state index is 12.3. The molecule has 0 saturated carbocycles. The third-order valence-electron chi connectivity index (χ3n) is 3.77. The van der Waals surface area contributed by atoms with Gasteiger partial charge in [-0.25, -0.2) is 0 Å². The number of fused-ring (bicyclic) bond motifs is 1. The molecular formula is C17H13BrN2O3. The molecule has 2 aromatic rings. The van der Waals surface area contributed by atoms with Crippen LogP contribution in [0.15, 0.2) is 40.9 Å². The molecule has 3 rings (SSSR count). The van der Waals surface area contributed by atoms with Gasteiger partial charge in [0.05, 0.1) is 11.1 Å². The van der Waals surface area contributed by atoms with Gasteiger partial charge in [-0.3, -0.25) is 19.3 Å². The molecule has 0 aromatic heterocycles. The molecule has 0 radical (unpaired) electrons. The van der Waals surface area contributed by atoms with Crippen molar-refractivity contribution in [3.05, 3.63) is 63.1 Å². The molecular weight excluding hydrogens is 360 g/mol. The SMILES string of the molecule is Cc1cc(NC(=O)c2ccc3c(c2)C(=O)N(C)C3=O)ccc1Br. The highest BCUT2D eigenvalue weighted by atomic mass is 79.9. The summed E-state index contributed by atoms with van der Waals surface area (Å²) in [6.45, 7) is 1.93. The minimum Gasteiger partial charge on any atom is -0.322 e. The van der Waals surface area contributed by atoms with Crippen molar-refractivity contribution in [3.8, 4) is 0 Å². The largest absolute Gasteiger partial charge is 0.322 e. The lowest BCUT2D eigenvalue weighted by atomic mass is 10.1. The molecule has 6 heteroatoms. The van der Waals surface area contributed by atoms with Gasteiger partial charge in [0, 0.05) is 22.8 Å². The van der Waals surface area contributed by atoms with Gasteiger partial charge in [0.1, 0.15) is 0 Å². The van der Waals surface area contributed by atoms with Crippen molar-refractivity contribution < 1.29 is 14.4 Å². The van der Waals surface area contributed by atoms with Crippen LogP contribution < -0.4 is 5.32 Å². The quantitative estimate of drug-likeness (QED) is 0.822. The summed E-state index contributed by atoms with van der Waals surface area (Å²) in [6, 6.07) is 10.00. The smallest absolute Gasteiger partial charge is 0.261 e. The van der Waals surface area contributed by atoms with Crippen molar-refractivity contribution in [2.45, 2.75) is 6.92 Å². The minimum absolute atomic E-state index is 0.261. The van der Waals surface area contributed by atoms with E-state index < -0.39 is 0 Å². The minimum atomic E-state index is -0.390. The summed E-state index contributed by atoms with van der Waals surface area (Å²) in [7, 11) is 1.43. The van der Waals surface area contributed by atoms with Gasteiger partial charge in [-0.1, -0.05) is 15.9 Å². The van der Waals surface area contributed by atoms with E-state index in [4.69, 9.17) is 0 Å². The highest BCUT2D eigenvalue weighted by Gasteiger charge is 2.33. The summed E-state index contributed by atoms with van der Waals surface area (Å²) in [6.07, 6.45) is 0. The fourth-order valence-electron chi connectivity index (χ4n) is 2.43. The Bertz CT molecular complexity index is 861. The fraction of sp³-hybridized carbons (Fsp3) is 0.118. The van der Waals surface area contributed by atoms with Crippen LogP contribution in [0.4, 0.5) is 5.69 Å². The van der Waals surface area contributed by atoms with Gasteiger partial charge in [-0.15, -0.1) is 0 Å². The van der Waals surface area contributed by atoms with Crippen LogP contribution >= 0.6 is 15.9 Å². The fourth-order valence-corrected chi connectivity index (χ4v) is 2.67. The Labute approximate surface area is 141 Å². The van der Waals surface area contributed by atoms with Crippen molar-refractivity contribution in [3.63, 3.8) is 0 Å². The molecule has 0 saturated heterocycles. The summed E-state index contributed by atoms with van der Waals surface area (Å²) in [5.41, 5.74) is 2.58. The number of hydrogen-bond acceptors (Lipinski definition) is 3. The van der Waals surface area contributed by atoms with Crippen LogP contribution in [0.25, 0.3) is 0 Å². The zero-order valence-electron chi connectivity index (χ0n) is 12.5. The zero-order chi connectivity index (χ0) is 16.7. The van der Waals surface area contributed by atoms with E-state index in [0.29, 0.717) is 16.8 Å². The third kappa shape index (κ3) is 2.66. The molecule has 1 aliphatic heterocycles. The number of rotatable bonds is 2. The highest BCUT2D eigenvalue weighted by molar-refractivity contribution is 9.10. The first-order valence-corrected chi connectivity index (χ1v) is 7.71. The Hall–Kier alpha value is -2.47. The molecule has 1 heterocycles. The summed E-state index contributed by atoms with van der Waals surface area (Å²) in [5, 5.41) is 2.79. The van der Waals surface area contributed by atoms with E-state index in [0.717, 1.165) is 14.9 Å². The molecule has 1 aliphatic rings. The Kier molecular flexibility index (Phi) is 3.77. The van der Waals surface area contributed by atoms with E-state index in [9.17, 15) is 14.4 Å². The van der Waals surface area contributed by atoms with Crippen LogP contribution in [0, 0.1) is 6.92 Å². The number of nitrogens with one attached hydrogen (secondary N) is 1. The zero-order valence-corrected chi connectivity index (χ0v) is 14.1. The maximum absolute atomic E-state index is 12.3. The molecule has 0 bridgehead atoms. The number of carbonyl (C=O) groups excluding carboxylic acids is 3. The molecule has 0 unspecified atom stereocenters. The number of imide groups is 1. The summed E-state index contributed by atoms with van der Waals surface area (Å²) < 4.78 is 0.958. The number of halogens is 1. The lowest BCUT2D eigenvalue weighted by Crippen LogP contribution is -2.24. The highest BCUT2D eigenvalue weighted by Crippen LogP contribution is 2.24. The number of amides is 3. The number of nitrogens with zero attached hydrogens (tertiary/aromatic N) is 1. The van der Waals surface area contributed by atoms with Gasteiger partial charge in [-0.2, -0.15) is 0 Å². The summed E-state index contributed by atoms with van der Waals surface area (Å²) in [4.78, 5) is 37.2. The molecule has 1 N–H and O–H groups in total. The van der Waals surface area contributed by atoms with Crippen LogP contribution in [0.1, 0.15) is 36.6 Å². The first-order chi connectivity index (χ1) is 10.9. The predicted octanol–water partition coefficient (Wildman–Crippen LogP) is 3.24. The average molecular weight is 373 g/mol. The van der Waals surface area contributed by atoms with Gasteiger partial charge in [-0.05, 0) is 48.9 Å². The maximum Gasteiger partial charge on any atom is 0.261 e. The molecule has 0 atom stereocenters. The standard InChI is InChI=1S/C17H13BrN2O3/c1-9-7-11(4-6-14(9)18)19-15(21)10-3-5-12-13(8-10)17(23)20(2)16(12)22/h3-8H,1-2H3,(H,19,21). The Morgan fingerprint density at radius 1 is 1.04 bits per heavy atom. The second-order valence-electron chi connectivity index (χ2n) is 5.35. The van der Waals surface area contributed by atoms with Gasteiger partial charge in [0.25, 0.3) is 17.7 Å².